The first kappa shape index (κ1) is 16.2. The highest BCUT2D eigenvalue weighted by atomic mass is 32.1. The van der Waals surface area contributed by atoms with Crippen LogP contribution in [0.4, 0.5) is 4.39 Å². The molecule has 0 aromatic carbocycles. The Morgan fingerprint density at radius 2 is 2.00 bits per heavy atom. The van der Waals surface area contributed by atoms with Gasteiger partial charge in [0.1, 0.15) is 12.3 Å². The summed E-state index contributed by atoms with van der Waals surface area (Å²) in [7, 11) is -0.982. The summed E-state index contributed by atoms with van der Waals surface area (Å²) in [6, 6.07) is 1.76. The lowest BCUT2D eigenvalue weighted by Crippen LogP contribution is -2.41. The average molecular weight is 308 g/mol. The lowest BCUT2D eigenvalue weighted by Gasteiger charge is -2.32. The summed E-state index contributed by atoms with van der Waals surface area (Å²) in [6.07, 6.45) is 1.40. The molecule has 3 nitrogen and oxygen atoms in total. The minimum Gasteiger partial charge on any atom is -0.398 e. The molecule has 0 saturated carbocycles. The zero-order valence-corrected chi connectivity index (χ0v) is 13.4. The van der Waals surface area contributed by atoms with Gasteiger partial charge in [-0.05, 0) is 39.8 Å². The molecule has 0 radical (unpaired) electrons. The molecule has 2 rings (SSSR count). The van der Waals surface area contributed by atoms with E-state index in [0.29, 0.717) is 0 Å². The van der Waals surface area contributed by atoms with E-state index in [1.807, 2.05) is 33.1 Å². The van der Waals surface area contributed by atoms with E-state index in [-0.39, 0.29) is 6.61 Å². The van der Waals surface area contributed by atoms with Crippen LogP contribution in [0.15, 0.2) is 17.2 Å². The SMILES string of the molecule is CC1(C)OB(C(F)=Cc2cc(C#CCO)cs2)OC1(C)C. The molecule has 1 fully saturated rings. The largest absolute Gasteiger partial charge is 0.525 e. The van der Waals surface area contributed by atoms with E-state index < -0.39 is 24.0 Å². The fourth-order valence-corrected chi connectivity index (χ4v) is 2.56. The Kier molecular flexibility index (Phi) is 4.59. The lowest BCUT2D eigenvalue weighted by molar-refractivity contribution is 0.00578. The molecule has 1 aromatic rings. The summed E-state index contributed by atoms with van der Waals surface area (Å²) in [5.41, 5.74) is -0.828. The van der Waals surface area contributed by atoms with Gasteiger partial charge in [-0.2, -0.15) is 0 Å². The van der Waals surface area contributed by atoms with Crippen molar-refractivity contribution in [3.05, 3.63) is 27.6 Å². The van der Waals surface area contributed by atoms with Gasteiger partial charge >= 0.3 is 7.12 Å². The fraction of sp³-hybridized carbons (Fsp3) is 0.467. The molecule has 1 aliphatic rings. The molecule has 1 aromatic heterocycles. The molecule has 1 aliphatic heterocycles. The quantitative estimate of drug-likeness (QED) is 0.674. The summed E-state index contributed by atoms with van der Waals surface area (Å²) in [4.78, 5) is 0.726. The number of hydrogen-bond acceptors (Lipinski definition) is 4. The predicted octanol–water partition coefficient (Wildman–Crippen LogP) is 3.03. The molecule has 0 bridgehead atoms. The van der Waals surface area contributed by atoms with E-state index in [4.69, 9.17) is 14.4 Å². The van der Waals surface area contributed by atoms with E-state index in [2.05, 4.69) is 11.8 Å². The van der Waals surface area contributed by atoms with Gasteiger partial charge in [-0.25, -0.2) is 4.39 Å². The first-order valence-electron chi connectivity index (χ1n) is 6.66. The van der Waals surface area contributed by atoms with Crippen molar-refractivity contribution in [2.45, 2.75) is 38.9 Å². The first-order valence-corrected chi connectivity index (χ1v) is 7.54. The van der Waals surface area contributed by atoms with Gasteiger partial charge in [0.2, 0.25) is 0 Å². The summed E-state index contributed by atoms with van der Waals surface area (Å²) in [5, 5.41) is 10.5. The van der Waals surface area contributed by atoms with Crippen LogP contribution in [0.3, 0.4) is 0 Å². The van der Waals surface area contributed by atoms with E-state index in [9.17, 15) is 4.39 Å². The molecule has 0 atom stereocenters. The maximum absolute atomic E-state index is 14.3. The van der Waals surface area contributed by atoms with Gasteiger partial charge in [-0.3, -0.25) is 0 Å². The second-order valence-electron chi connectivity index (χ2n) is 5.82. The molecular formula is C15H18BFO3S. The molecule has 2 heterocycles. The molecule has 0 spiro atoms. The Bertz CT molecular complexity index is 594. The number of aliphatic hydroxyl groups is 1. The van der Waals surface area contributed by atoms with Gasteiger partial charge in [-0.15, -0.1) is 11.3 Å². The van der Waals surface area contributed by atoms with Crippen LogP contribution in [0.5, 0.6) is 0 Å². The lowest BCUT2D eigenvalue weighted by atomic mass is 9.87. The number of hydrogen-bond donors (Lipinski definition) is 1. The normalized spacial score (nSPS) is 20.3. The second kappa shape index (κ2) is 5.94. The Morgan fingerprint density at radius 3 is 2.57 bits per heavy atom. The van der Waals surface area contributed by atoms with Crippen LogP contribution in [-0.2, 0) is 9.31 Å². The Hall–Kier alpha value is -1.13. The van der Waals surface area contributed by atoms with E-state index in [0.717, 1.165) is 10.4 Å². The van der Waals surface area contributed by atoms with Crippen molar-refractivity contribution in [3.63, 3.8) is 0 Å². The zero-order chi connectivity index (χ0) is 15.7. The Labute approximate surface area is 128 Å². The average Bonchev–Trinajstić information content (AvgIpc) is 2.90. The van der Waals surface area contributed by atoms with Crippen molar-refractivity contribution < 1.29 is 18.8 Å². The molecule has 112 valence electrons. The minimum absolute atomic E-state index is 0.191. The summed E-state index contributed by atoms with van der Waals surface area (Å²) >= 11 is 1.38. The third-order valence-electron chi connectivity index (χ3n) is 3.69. The monoisotopic (exact) mass is 308 g/mol. The van der Waals surface area contributed by atoms with Gasteiger partial charge in [0.15, 0.2) is 0 Å². The maximum atomic E-state index is 14.3. The fourth-order valence-electron chi connectivity index (χ4n) is 1.80. The van der Waals surface area contributed by atoms with E-state index >= 15 is 0 Å². The highest BCUT2D eigenvalue weighted by Crippen LogP contribution is 2.39. The molecule has 6 heteroatoms. The van der Waals surface area contributed by atoms with Gasteiger partial charge in [0, 0.05) is 15.8 Å². The highest BCUT2D eigenvalue weighted by Gasteiger charge is 2.53. The molecule has 0 aliphatic carbocycles. The first-order chi connectivity index (χ1) is 9.75. The molecule has 1 N–H and O–H groups in total. The van der Waals surface area contributed by atoms with Crippen LogP contribution < -0.4 is 0 Å². The van der Waals surface area contributed by atoms with Crippen molar-refractivity contribution in [2.75, 3.05) is 6.61 Å². The minimum atomic E-state index is -0.982. The van der Waals surface area contributed by atoms with Crippen LogP contribution in [0.25, 0.3) is 6.08 Å². The summed E-state index contributed by atoms with van der Waals surface area (Å²) in [5.74, 6) is 5.34. The number of rotatable bonds is 2. The van der Waals surface area contributed by atoms with Crippen molar-refractivity contribution in [2.24, 2.45) is 0 Å². The van der Waals surface area contributed by atoms with Crippen molar-refractivity contribution in [3.8, 4) is 11.8 Å². The van der Waals surface area contributed by atoms with Crippen molar-refractivity contribution >= 4 is 24.5 Å². The standard InChI is InChI=1S/C15H18BFO3S/c1-14(2)15(3,4)20-16(19-14)13(17)9-12-8-11(10-21-12)6-5-7-18/h8-10,18H,7H2,1-4H3. The summed E-state index contributed by atoms with van der Waals surface area (Å²) < 4.78 is 25.6. The topological polar surface area (TPSA) is 38.7 Å². The molecule has 0 unspecified atom stereocenters. The molecule has 21 heavy (non-hydrogen) atoms. The molecule has 1 saturated heterocycles. The molecular weight excluding hydrogens is 290 g/mol. The molecule has 0 amide bonds. The van der Waals surface area contributed by atoms with E-state index in [1.165, 1.54) is 17.4 Å². The van der Waals surface area contributed by atoms with Crippen LogP contribution >= 0.6 is 11.3 Å². The van der Waals surface area contributed by atoms with Crippen molar-refractivity contribution in [1.29, 1.82) is 0 Å². The summed E-state index contributed by atoms with van der Waals surface area (Å²) in [6.45, 7) is 7.34. The van der Waals surface area contributed by atoms with Gasteiger partial charge in [0.05, 0.1) is 11.2 Å². The smallest absolute Gasteiger partial charge is 0.398 e. The number of halogens is 1. The Morgan fingerprint density at radius 1 is 1.38 bits per heavy atom. The van der Waals surface area contributed by atoms with Crippen LogP contribution in [0.1, 0.15) is 38.1 Å². The zero-order valence-electron chi connectivity index (χ0n) is 12.6. The third-order valence-corrected chi connectivity index (χ3v) is 4.57. The highest BCUT2D eigenvalue weighted by molar-refractivity contribution is 7.11. The van der Waals surface area contributed by atoms with Crippen LogP contribution in [-0.4, -0.2) is 30.0 Å². The Balaban J connectivity index is 2.14. The van der Waals surface area contributed by atoms with Crippen LogP contribution in [0, 0.1) is 11.8 Å². The van der Waals surface area contributed by atoms with Gasteiger partial charge < -0.3 is 14.4 Å². The number of aliphatic hydroxyl groups excluding tert-OH is 1. The predicted molar refractivity (Wildman–Crippen MR) is 83.4 cm³/mol. The van der Waals surface area contributed by atoms with Gasteiger partial charge in [-0.1, -0.05) is 11.8 Å². The maximum Gasteiger partial charge on any atom is 0.525 e. The third kappa shape index (κ3) is 3.56. The van der Waals surface area contributed by atoms with Gasteiger partial charge in [0.25, 0.3) is 0 Å². The second-order valence-corrected chi connectivity index (χ2v) is 6.76. The van der Waals surface area contributed by atoms with E-state index in [1.54, 1.807) is 6.07 Å². The van der Waals surface area contributed by atoms with Crippen LogP contribution in [0.2, 0.25) is 0 Å². The van der Waals surface area contributed by atoms with Crippen molar-refractivity contribution in [1.82, 2.24) is 0 Å². The number of thiophene rings is 1.